The van der Waals surface area contributed by atoms with Crippen LogP contribution in [-0.2, 0) is 14.3 Å². The van der Waals surface area contributed by atoms with Crippen molar-refractivity contribution in [3.63, 3.8) is 0 Å². The molecule has 0 radical (unpaired) electrons. The van der Waals surface area contributed by atoms with Crippen molar-refractivity contribution in [2.75, 3.05) is 19.7 Å². The van der Waals surface area contributed by atoms with Crippen molar-refractivity contribution in [3.8, 4) is 11.1 Å². The molecule has 7 nitrogen and oxygen atoms in total. The Morgan fingerprint density at radius 1 is 1.09 bits per heavy atom. The summed E-state index contributed by atoms with van der Waals surface area (Å²) in [6.45, 7) is 5.25. The Bertz CT molecular complexity index is 1040. The van der Waals surface area contributed by atoms with Crippen LogP contribution in [0.4, 0.5) is 4.79 Å². The van der Waals surface area contributed by atoms with Crippen LogP contribution in [0.1, 0.15) is 56.6 Å². The molecule has 0 saturated carbocycles. The van der Waals surface area contributed by atoms with Crippen LogP contribution in [0.5, 0.6) is 0 Å². The maximum atomic E-state index is 13.3. The number of nitrogens with zero attached hydrogens (tertiary/aromatic N) is 1. The van der Waals surface area contributed by atoms with Gasteiger partial charge in [0.05, 0.1) is 0 Å². The molecular weight excluding hydrogens is 444 g/mol. The Hall–Kier alpha value is -3.35. The van der Waals surface area contributed by atoms with Gasteiger partial charge in [0, 0.05) is 25.4 Å². The summed E-state index contributed by atoms with van der Waals surface area (Å²) >= 11 is 0. The first-order valence-electron chi connectivity index (χ1n) is 12.5. The molecule has 3 atom stereocenters. The number of amides is 2. The van der Waals surface area contributed by atoms with Crippen LogP contribution in [-0.4, -0.2) is 53.7 Å². The molecule has 0 spiro atoms. The van der Waals surface area contributed by atoms with Gasteiger partial charge in [0.25, 0.3) is 0 Å². The molecule has 3 unspecified atom stereocenters. The lowest BCUT2D eigenvalue weighted by Gasteiger charge is -2.28. The van der Waals surface area contributed by atoms with Gasteiger partial charge in [-0.25, -0.2) is 4.79 Å². The number of rotatable bonds is 9. The van der Waals surface area contributed by atoms with Gasteiger partial charge in [-0.1, -0.05) is 68.8 Å². The Kier molecular flexibility index (Phi) is 7.73. The lowest BCUT2D eigenvalue weighted by Crippen LogP contribution is -2.51. The number of likely N-dealkylation sites (tertiary alicyclic amines) is 1. The third-order valence-electron chi connectivity index (χ3n) is 7.46. The van der Waals surface area contributed by atoms with Crippen molar-refractivity contribution in [3.05, 3.63) is 59.7 Å². The van der Waals surface area contributed by atoms with Gasteiger partial charge in [-0.2, -0.15) is 0 Å². The van der Waals surface area contributed by atoms with Crippen LogP contribution in [0, 0.1) is 11.8 Å². The Labute approximate surface area is 206 Å². The van der Waals surface area contributed by atoms with Gasteiger partial charge < -0.3 is 20.1 Å². The average molecular weight is 479 g/mol. The summed E-state index contributed by atoms with van der Waals surface area (Å²) in [5, 5.41) is 11.8. The van der Waals surface area contributed by atoms with Crippen molar-refractivity contribution >= 4 is 18.0 Å². The number of carboxylic acid groups (broad SMARTS) is 1. The molecule has 1 aliphatic carbocycles. The van der Waals surface area contributed by atoms with Crippen LogP contribution < -0.4 is 5.32 Å². The molecular formula is C28H34N2O5. The molecule has 2 N–H and O–H groups in total. The fourth-order valence-corrected chi connectivity index (χ4v) is 5.24. The van der Waals surface area contributed by atoms with E-state index in [9.17, 15) is 14.4 Å². The average Bonchev–Trinajstić information content (AvgIpc) is 3.47. The van der Waals surface area contributed by atoms with Crippen molar-refractivity contribution < 1.29 is 24.2 Å². The van der Waals surface area contributed by atoms with Gasteiger partial charge in [-0.3, -0.25) is 9.59 Å². The molecule has 2 aromatic carbocycles. The summed E-state index contributed by atoms with van der Waals surface area (Å²) in [5.74, 6) is -0.850. The third-order valence-corrected chi connectivity index (χ3v) is 7.46. The van der Waals surface area contributed by atoms with E-state index in [1.54, 1.807) is 4.90 Å². The molecule has 1 fully saturated rings. The highest BCUT2D eigenvalue weighted by Crippen LogP contribution is 2.44. The molecule has 186 valence electrons. The molecule has 2 amide bonds. The first-order valence-corrected chi connectivity index (χ1v) is 12.5. The molecule has 35 heavy (non-hydrogen) atoms. The highest BCUT2D eigenvalue weighted by molar-refractivity contribution is 5.86. The lowest BCUT2D eigenvalue weighted by molar-refractivity contribution is -0.137. The minimum absolute atomic E-state index is 0.0422. The monoisotopic (exact) mass is 478 g/mol. The summed E-state index contributed by atoms with van der Waals surface area (Å²) in [5.41, 5.74) is 4.61. The van der Waals surface area contributed by atoms with Crippen LogP contribution in [0.3, 0.4) is 0 Å². The van der Waals surface area contributed by atoms with Crippen LogP contribution >= 0.6 is 0 Å². The van der Waals surface area contributed by atoms with E-state index in [-0.39, 0.29) is 36.7 Å². The predicted molar refractivity (Wildman–Crippen MR) is 133 cm³/mol. The highest BCUT2D eigenvalue weighted by Gasteiger charge is 2.35. The molecule has 2 aliphatic rings. The van der Waals surface area contributed by atoms with Crippen LogP contribution in [0.2, 0.25) is 0 Å². The normalized spacial score (nSPS) is 18.5. The molecule has 7 heteroatoms. The van der Waals surface area contributed by atoms with Crippen molar-refractivity contribution in [1.82, 2.24) is 10.2 Å². The molecule has 0 aromatic heterocycles. The second-order valence-electron chi connectivity index (χ2n) is 9.70. The van der Waals surface area contributed by atoms with E-state index < -0.39 is 18.1 Å². The molecule has 1 heterocycles. The van der Waals surface area contributed by atoms with Gasteiger partial charge in [0.1, 0.15) is 12.6 Å². The number of carbonyl (C=O) groups is 3. The zero-order chi connectivity index (χ0) is 24.9. The first-order chi connectivity index (χ1) is 16.9. The maximum absolute atomic E-state index is 13.3. The van der Waals surface area contributed by atoms with E-state index in [2.05, 4.69) is 29.6 Å². The van der Waals surface area contributed by atoms with E-state index >= 15 is 0 Å². The first kappa shape index (κ1) is 24.8. The van der Waals surface area contributed by atoms with Gasteiger partial charge in [-0.05, 0) is 46.9 Å². The van der Waals surface area contributed by atoms with Gasteiger partial charge >= 0.3 is 12.1 Å². The predicted octanol–water partition coefficient (Wildman–Crippen LogP) is 4.65. The zero-order valence-electron chi connectivity index (χ0n) is 20.4. The van der Waals surface area contributed by atoms with Crippen molar-refractivity contribution in [2.45, 2.75) is 51.5 Å². The van der Waals surface area contributed by atoms with E-state index in [1.165, 1.54) is 0 Å². The van der Waals surface area contributed by atoms with E-state index in [0.717, 1.165) is 35.1 Å². The second kappa shape index (κ2) is 10.9. The molecule has 2 aromatic rings. The van der Waals surface area contributed by atoms with E-state index in [1.807, 2.05) is 38.1 Å². The van der Waals surface area contributed by atoms with Crippen molar-refractivity contribution in [2.24, 2.45) is 11.8 Å². The summed E-state index contributed by atoms with van der Waals surface area (Å²) in [7, 11) is 0. The Balaban J connectivity index is 1.38. The van der Waals surface area contributed by atoms with Gasteiger partial charge in [0.15, 0.2) is 0 Å². The fourth-order valence-electron chi connectivity index (χ4n) is 5.24. The minimum Gasteiger partial charge on any atom is -0.481 e. The third kappa shape index (κ3) is 5.50. The second-order valence-corrected chi connectivity index (χ2v) is 9.70. The number of hydrogen-bond acceptors (Lipinski definition) is 4. The van der Waals surface area contributed by atoms with Crippen LogP contribution in [0.25, 0.3) is 11.1 Å². The Morgan fingerprint density at radius 3 is 2.31 bits per heavy atom. The van der Waals surface area contributed by atoms with Gasteiger partial charge in [-0.15, -0.1) is 0 Å². The van der Waals surface area contributed by atoms with Crippen molar-refractivity contribution in [1.29, 1.82) is 0 Å². The van der Waals surface area contributed by atoms with E-state index in [4.69, 9.17) is 9.84 Å². The summed E-state index contributed by atoms with van der Waals surface area (Å²) in [6.07, 6.45) is 1.60. The van der Waals surface area contributed by atoms with E-state index in [0.29, 0.717) is 19.5 Å². The number of benzene rings is 2. The van der Waals surface area contributed by atoms with Gasteiger partial charge in [0.2, 0.25) is 5.91 Å². The number of nitrogens with one attached hydrogen (secondary N) is 1. The van der Waals surface area contributed by atoms with Crippen LogP contribution in [0.15, 0.2) is 48.5 Å². The number of hydrogen-bond donors (Lipinski definition) is 2. The molecule has 1 aliphatic heterocycles. The molecule has 0 bridgehead atoms. The standard InChI is InChI=1S/C28H34N2O5/c1-3-18(2)26(27(33)30-15-14-19(16-30)12-13-25(31)32)29-28(34)35-17-24-22-10-6-4-8-20(22)21-9-5-7-11-23(21)24/h4-11,18-19,24,26H,3,12-17H2,1-2H3,(H,29,34)(H,31,32). The summed E-state index contributed by atoms with van der Waals surface area (Å²) < 4.78 is 5.68. The largest absolute Gasteiger partial charge is 0.481 e. The smallest absolute Gasteiger partial charge is 0.407 e. The summed E-state index contributed by atoms with van der Waals surface area (Å²) in [4.78, 5) is 38.8. The number of fused-ring (bicyclic) bond motifs is 3. The quantitative estimate of drug-likeness (QED) is 0.547. The number of ether oxygens (including phenoxy) is 1. The molecule has 1 saturated heterocycles. The number of carboxylic acids is 1. The minimum atomic E-state index is -0.816. The highest BCUT2D eigenvalue weighted by atomic mass is 16.5. The summed E-state index contributed by atoms with van der Waals surface area (Å²) in [6, 6.07) is 15.7. The fraction of sp³-hybridized carbons (Fsp3) is 0.464. The number of alkyl carbamates (subject to hydrolysis) is 1. The molecule has 4 rings (SSSR count). The maximum Gasteiger partial charge on any atom is 0.407 e. The SMILES string of the molecule is CCC(C)C(NC(=O)OCC1c2ccccc2-c2ccccc21)C(=O)N1CCC(CCC(=O)O)C1. The topological polar surface area (TPSA) is 95.9 Å². The zero-order valence-corrected chi connectivity index (χ0v) is 20.4. The Morgan fingerprint density at radius 2 is 1.71 bits per heavy atom. The number of aliphatic carboxylic acids is 1. The number of carbonyl (C=O) groups excluding carboxylic acids is 2. The lowest BCUT2D eigenvalue weighted by atomic mass is 9.97.